The number of rotatable bonds is 8. The topological polar surface area (TPSA) is 121 Å². The Morgan fingerprint density at radius 3 is 2.38 bits per heavy atom. The van der Waals surface area contributed by atoms with Crippen molar-refractivity contribution in [2.45, 2.75) is 44.1 Å². The molecule has 3 aromatic rings. The van der Waals surface area contributed by atoms with Crippen LogP contribution in [0.15, 0.2) is 60.8 Å². The van der Waals surface area contributed by atoms with Crippen molar-refractivity contribution in [1.82, 2.24) is 15.6 Å². The molecule has 11 heteroatoms. The predicted octanol–water partition coefficient (Wildman–Crippen LogP) is 4.23. The number of aromatic hydroxyl groups is 1. The highest BCUT2D eigenvalue weighted by atomic mass is 19.4. The fourth-order valence-electron chi connectivity index (χ4n) is 3.60. The van der Waals surface area contributed by atoms with Crippen LogP contribution in [0.5, 0.6) is 17.2 Å². The SMILES string of the molecule is CC(O)c1ccc(Oc2ccc(CNC(=O)C3(NC(=O)c4ccc(O)cc4)CC3)nc2)c(C(F)(F)F)c1. The van der Waals surface area contributed by atoms with E-state index < -0.39 is 35.0 Å². The Hall–Kier alpha value is -4.12. The minimum absolute atomic E-state index is 0.0226. The van der Waals surface area contributed by atoms with Gasteiger partial charge in [-0.15, -0.1) is 0 Å². The Morgan fingerprint density at radius 2 is 1.81 bits per heavy atom. The molecule has 1 atom stereocenters. The highest BCUT2D eigenvalue weighted by Gasteiger charge is 2.51. The first kappa shape index (κ1) is 26.0. The van der Waals surface area contributed by atoms with Crippen LogP contribution in [0.3, 0.4) is 0 Å². The number of alkyl halides is 3. The normalized spacial score (nSPS) is 14.9. The van der Waals surface area contributed by atoms with Gasteiger partial charge in [0.2, 0.25) is 5.91 Å². The molecule has 0 saturated heterocycles. The molecule has 1 aromatic heterocycles. The number of pyridine rings is 1. The van der Waals surface area contributed by atoms with Crippen LogP contribution < -0.4 is 15.4 Å². The molecule has 0 aliphatic heterocycles. The van der Waals surface area contributed by atoms with E-state index in [2.05, 4.69) is 15.6 Å². The molecule has 0 radical (unpaired) electrons. The monoisotopic (exact) mass is 515 g/mol. The summed E-state index contributed by atoms with van der Waals surface area (Å²) in [6.07, 6.45) is -3.57. The second-order valence-corrected chi connectivity index (χ2v) is 8.78. The van der Waals surface area contributed by atoms with Gasteiger partial charge in [-0.25, -0.2) is 0 Å². The maximum atomic E-state index is 13.5. The molecule has 1 heterocycles. The Labute approximate surface area is 210 Å². The number of amides is 2. The number of phenols is 1. The third-order valence-electron chi connectivity index (χ3n) is 5.91. The van der Waals surface area contributed by atoms with Crippen molar-refractivity contribution < 1.29 is 37.7 Å². The number of phenolic OH excluding ortho intramolecular Hbond substituents is 1. The number of ether oxygens (including phenoxy) is 1. The minimum Gasteiger partial charge on any atom is -0.508 e. The van der Waals surface area contributed by atoms with E-state index in [1.54, 1.807) is 0 Å². The second kappa shape index (κ2) is 10.1. The molecule has 1 saturated carbocycles. The molecular weight excluding hydrogens is 491 g/mol. The Balaban J connectivity index is 1.36. The zero-order valence-corrected chi connectivity index (χ0v) is 19.7. The van der Waals surface area contributed by atoms with Crippen molar-refractivity contribution in [2.24, 2.45) is 0 Å². The summed E-state index contributed by atoms with van der Waals surface area (Å²) in [5.74, 6) is -1.17. The van der Waals surface area contributed by atoms with Crippen LogP contribution in [0.25, 0.3) is 0 Å². The summed E-state index contributed by atoms with van der Waals surface area (Å²) < 4.78 is 45.8. The highest BCUT2D eigenvalue weighted by Crippen LogP contribution is 2.39. The van der Waals surface area contributed by atoms with Crippen molar-refractivity contribution in [3.8, 4) is 17.2 Å². The van der Waals surface area contributed by atoms with Crippen molar-refractivity contribution in [3.05, 3.63) is 83.2 Å². The van der Waals surface area contributed by atoms with Gasteiger partial charge in [-0.3, -0.25) is 14.6 Å². The summed E-state index contributed by atoms with van der Waals surface area (Å²) >= 11 is 0. The zero-order valence-electron chi connectivity index (χ0n) is 19.7. The number of hydrogen-bond donors (Lipinski definition) is 4. The van der Waals surface area contributed by atoms with Gasteiger partial charge < -0.3 is 25.6 Å². The van der Waals surface area contributed by atoms with E-state index in [4.69, 9.17) is 4.74 Å². The first-order valence-corrected chi connectivity index (χ1v) is 11.4. The molecule has 4 N–H and O–H groups in total. The van der Waals surface area contributed by atoms with Crippen LogP contribution in [0.2, 0.25) is 0 Å². The molecule has 4 rings (SSSR count). The smallest absolute Gasteiger partial charge is 0.419 e. The third kappa shape index (κ3) is 6.18. The van der Waals surface area contributed by atoms with Gasteiger partial charge in [-0.05, 0) is 73.9 Å². The maximum absolute atomic E-state index is 13.5. The number of nitrogens with one attached hydrogen (secondary N) is 2. The van der Waals surface area contributed by atoms with Crippen LogP contribution in [-0.2, 0) is 17.5 Å². The van der Waals surface area contributed by atoms with E-state index in [1.807, 2.05) is 0 Å². The van der Waals surface area contributed by atoms with Crippen LogP contribution in [0, 0.1) is 0 Å². The summed E-state index contributed by atoms with van der Waals surface area (Å²) in [4.78, 5) is 29.3. The summed E-state index contributed by atoms with van der Waals surface area (Å²) in [7, 11) is 0. The first-order chi connectivity index (χ1) is 17.5. The predicted molar refractivity (Wildman–Crippen MR) is 126 cm³/mol. The molecule has 2 amide bonds. The van der Waals surface area contributed by atoms with Gasteiger partial charge in [-0.2, -0.15) is 13.2 Å². The Kier molecular flexibility index (Phi) is 7.08. The van der Waals surface area contributed by atoms with Crippen molar-refractivity contribution in [3.63, 3.8) is 0 Å². The zero-order chi connectivity index (χ0) is 26.8. The van der Waals surface area contributed by atoms with Crippen molar-refractivity contribution >= 4 is 11.8 Å². The first-order valence-electron chi connectivity index (χ1n) is 11.4. The van der Waals surface area contributed by atoms with E-state index >= 15 is 0 Å². The molecule has 8 nitrogen and oxygen atoms in total. The van der Waals surface area contributed by atoms with Crippen LogP contribution >= 0.6 is 0 Å². The number of aromatic nitrogens is 1. The molecule has 0 bridgehead atoms. The number of benzene rings is 2. The quantitative estimate of drug-likeness (QED) is 0.356. The van der Waals surface area contributed by atoms with E-state index in [-0.39, 0.29) is 29.5 Å². The molecule has 0 spiro atoms. The van der Waals surface area contributed by atoms with Gasteiger partial charge in [-0.1, -0.05) is 6.07 Å². The van der Waals surface area contributed by atoms with Gasteiger partial charge >= 0.3 is 6.18 Å². The molecule has 37 heavy (non-hydrogen) atoms. The summed E-state index contributed by atoms with van der Waals surface area (Å²) in [6.45, 7) is 1.40. The van der Waals surface area contributed by atoms with E-state index in [0.717, 1.165) is 12.1 Å². The maximum Gasteiger partial charge on any atom is 0.419 e. The lowest BCUT2D eigenvalue weighted by Crippen LogP contribution is -2.48. The van der Waals surface area contributed by atoms with Gasteiger partial charge in [0.1, 0.15) is 22.8 Å². The van der Waals surface area contributed by atoms with E-state index in [9.17, 15) is 33.0 Å². The van der Waals surface area contributed by atoms with Crippen molar-refractivity contribution in [1.29, 1.82) is 0 Å². The Morgan fingerprint density at radius 1 is 1.11 bits per heavy atom. The molecule has 1 fully saturated rings. The lowest BCUT2D eigenvalue weighted by Gasteiger charge is -2.17. The number of aliphatic hydroxyl groups excluding tert-OH is 1. The number of carbonyl (C=O) groups is 2. The van der Waals surface area contributed by atoms with Gasteiger partial charge in [0.25, 0.3) is 5.91 Å². The summed E-state index contributed by atoms with van der Waals surface area (Å²) in [5, 5.41) is 24.4. The largest absolute Gasteiger partial charge is 0.508 e. The van der Waals surface area contributed by atoms with Gasteiger partial charge in [0, 0.05) is 5.56 Å². The fourth-order valence-corrected chi connectivity index (χ4v) is 3.60. The van der Waals surface area contributed by atoms with Crippen LogP contribution in [0.4, 0.5) is 13.2 Å². The molecule has 2 aromatic carbocycles. The average molecular weight is 515 g/mol. The third-order valence-corrected chi connectivity index (χ3v) is 5.91. The van der Waals surface area contributed by atoms with E-state index in [1.165, 1.54) is 55.6 Å². The second-order valence-electron chi connectivity index (χ2n) is 8.78. The Bertz CT molecular complexity index is 1290. The van der Waals surface area contributed by atoms with Crippen molar-refractivity contribution in [2.75, 3.05) is 0 Å². The van der Waals surface area contributed by atoms with Gasteiger partial charge in [0.05, 0.1) is 30.1 Å². The number of halogens is 3. The molecule has 194 valence electrons. The number of carbonyl (C=O) groups excluding carboxylic acids is 2. The minimum atomic E-state index is -4.69. The standard InChI is InChI=1S/C26H24F3N3O5/c1-15(33)17-4-9-22(21(12-17)26(27,28)29)37-20-8-5-18(30-14-20)13-31-24(36)25(10-11-25)32-23(35)16-2-6-19(34)7-3-16/h2-9,12,14-15,33-34H,10-11,13H2,1H3,(H,31,36)(H,32,35). The summed E-state index contributed by atoms with van der Waals surface area (Å²) in [6, 6.07) is 11.9. The van der Waals surface area contributed by atoms with Gasteiger partial charge in [0.15, 0.2) is 0 Å². The fraction of sp³-hybridized carbons (Fsp3) is 0.269. The number of nitrogens with zero attached hydrogens (tertiary/aromatic N) is 1. The molecular formula is C26H24F3N3O5. The summed E-state index contributed by atoms with van der Waals surface area (Å²) in [5.41, 5.74) is -1.20. The lowest BCUT2D eigenvalue weighted by molar-refractivity contribution is -0.138. The lowest BCUT2D eigenvalue weighted by atomic mass is 10.1. The van der Waals surface area contributed by atoms with E-state index in [0.29, 0.717) is 24.1 Å². The molecule has 1 unspecified atom stereocenters. The van der Waals surface area contributed by atoms with Crippen LogP contribution in [0.1, 0.15) is 53.0 Å². The molecule has 1 aliphatic rings. The average Bonchev–Trinajstić information content (AvgIpc) is 3.64. The number of aliphatic hydroxyl groups is 1. The van der Waals surface area contributed by atoms with Crippen LogP contribution in [-0.4, -0.2) is 32.6 Å². The highest BCUT2D eigenvalue weighted by molar-refractivity contribution is 6.00. The molecule has 1 aliphatic carbocycles. The number of hydrogen-bond acceptors (Lipinski definition) is 6.